The van der Waals surface area contributed by atoms with Crippen molar-refractivity contribution < 1.29 is 9.53 Å². The number of ether oxygens (including phenoxy) is 1. The zero-order valence-corrected chi connectivity index (χ0v) is 13.7. The third-order valence-corrected chi connectivity index (χ3v) is 4.30. The number of nitrogens with zero attached hydrogens (tertiary/aromatic N) is 3. The molecule has 0 bridgehead atoms. The van der Waals surface area contributed by atoms with E-state index in [1.54, 1.807) is 23.8 Å². The Kier molecular flexibility index (Phi) is 3.61. The van der Waals surface area contributed by atoms with Gasteiger partial charge in [0, 0.05) is 17.5 Å². The van der Waals surface area contributed by atoms with Gasteiger partial charge in [0.25, 0.3) is 0 Å². The number of nitrogens with one attached hydrogen (secondary N) is 1. The number of carbonyl (C=O) groups excluding carboxylic acids is 1. The number of imidazole rings is 1. The zero-order chi connectivity index (χ0) is 16.7. The van der Waals surface area contributed by atoms with Crippen LogP contribution in [-0.4, -0.2) is 27.6 Å². The van der Waals surface area contributed by atoms with Crippen LogP contribution >= 0.6 is 11.6 Å². The van der Waals surface area contributed by atoms with Crippen molar-refractivity contribution in [3.63, 3.8) is 0 Å². The molecular formula is C17H15ClN4O2. The fraction of sp³-hybridized carbons (Fsp3) is 0.235. The number of aromatic nitrogens is 3. The predicted molar refractivity (Wildman–Crippen MR) is 91.3 cm³/mol. The van der Waals surface area contributed by atoms with Crippen molar-refractivity contribution in [2.75, 3.05) is 12.4 Å². The molecule has 0 saturated heterocycles. The molecule has 1 fully saturated rings. The van der Waals surface area contributed by atoms with Gasteiger partial charge in [-0.15, -0.1) is 5.10 Å². The lowest BCUT2D eigenvalue weighted by Crippen LogP contribution is -2.13. The van der Waals surface area contributed by atoms with Crippen LogP contribution in [0, 0.1) is 5.92 Å². The molecule has 6 nitrogen and oxygen atoms in total. The summed E-state index contributed by atoms with van der Waals surface area (Å²) in [5, 5.41) is 7.70. The van der Waals surface area contributed by atoms with E-state index in [0.717, 1.165) is 24.1 Å². The van der Waals surface area contributed by atoms with E-state index >= 15 is 0 Å². The first-order valence-corrected chi connectivity index (χ1v) is 8.03. The van der Waals surface area contributed by atoms with Gasteiger partial charge in [-0.05, 0) is 31.0 Å². The SMILES string of the molecule is COc1ccc2nc(-c3ccc(Cl)c(NC(=O)C4CC4)c3)cn2n1. The van der Waals surface area contributed by atoms with Crippen molar-refractivity contribution in [1.29, 1.82) is 0 Å². The van der Waals surface area contributed by atoms with Crippen LogP contribution in [0.1, 0.15) is 12.8 Å². The number of amides is 1. The highest BCUT2D eigenvalue weighted by atomic mass is 35.5. The lowest BCUT2D eigenvalue weighted by Gasteiger charge is -2.08. The Bertz CT molecular complexity index is 933. The van der Waals surface area contributed by atoms with Gasteiger partial charge < -0.3 is 10.1 Å². The second-order valence-electron chi connectivity index (χ2n) is 5.76. The molecule has 3 aromatic rings. The molecule has 0 spiro atoms. The fourth-order valence-corrected chi connectivity index (χ4v) is 2.64. The standard InChI is InChI=1S/C17H15ClN4O2/c1-24-16-7-6-15-19-14(9-22(15)21-16)11-4-5-12(18)13(8-11)20-17(23)10-2-3-10/h4-10H,2-3H2,1H3,(H,20,23). The van der Waals surface area contributed by atoms with Crippen LogP contribution in [0.25, 0.3) is 16.9 Å². The second kappa shape index (κ2) is 5.79. The van der Waals surface area contributed by atoms with E-state index in [0.29, 0.717) is 22.2 Å². The first-order chi connectivity index (χ1) is 11.6. The van der Waals surface area contributed by atoms with Gasteiger partial charge in [-0.1, -0.05) is 17.7 Å². The summed E-state index contributed by atoms with van der Waals surface area (Å²) in [6.45, 7) is 0. The Morgan fingerprint density at radius 2 is 2.17 bits per heavy atom. The van der Waals surface area contributed by atoms with Crippen molar-refractivity contribution in [2.24, 2.45) is 5.92 Å². The Hall–Kier alpha value is -2.60. The maximum Gasteiger partial charge on any atom is 0.231 e. The number of halogens is 1. The van der Waals surface area contributed by atoms with Crippen LogP contribution in [0.3, 0.4) is 0 Å². The van der Waals surface area contributed by atoms with Gasteiger partial charge in [0.15, 0.2) is 5.65 Å². The largest absolute Gasteiger partial charge is 0.480 e. The minimum Gasteiger partial charge on any atom is -0.480 e. The fourth-order valence-electron chi connectivity index (χ4n) is 2.47. The molecule has 4 rings (SSSR count). The molecule has 1 aliphatic carbocycles. The number of hydrogen-bond acceptors (Lipinski definition) is 4. The molecule has 2 aromatic heterocycles. The molecule has 0 unspecified atom stereocenters. The van der Waals surface area contributed by atoms with Gasteiger partial charge in [0.2, 0.25) is 11.8 Å². The van der Waals surface area contributed by atoms with Crippen LogP contribution in [0.4, 0.5) is 5.69 Å². The number of carbonyl (C=O) groups is 1. The molecule has 1 amide bonds. The highest BCUT2D eigenvalue weighted by Gasteiger charge is 2.30. The minimum atomic E-state index is 0.0236. The van der Waals surface area contributed by atoms with E-state index in [4.69, 9.17) is 16.3 Å². The minimum absolute atomic E-state index is 0.0236. The Labute approximate surface area is 143 Å². The number of hydrogen-bond donors (Lipinski definition) is 1. The van der Waals surface area contributed by atoms with Crippen molar-refractivity contribution in [3.05, 3.63) is 41.6 Å². The summed E-state index contributed by atoms with van der Waals surface area (Å²) in [5.74, 6) is 0.659. The highest BCUT2D eigenvalue weighted by Crippen LogP contribution is 2.33. The topological polar surface area (TPSA) is 68.5 Å². The summed E-state index contributed by atoms with van der Waals surface area (Å²) in [5.41, 5.74) is 2.92. The number of anilines is 1. The first kappa shape index (κ1) is 15.0. The van der Waals surface area contributed by atoms with E-state index in [-0.39, 0.29) is 11.8 Å². The molecule has 1 aromatic carbocycles. The summed E-state index contributed by atoms with van der Waals surface area (Å²) >= 11 is 6.20. The van der Waals surface area contributed by atoms with Crippen LogP contribution in [0.5, 0.6) is 5.88 Å². The first-order valence-electron chi connectivity index (χ1n) is 7.65. The van der Waals surface area contributed by atoms with E-state index < -0.39 is 0 Å². The summed E-state index contributed by atoms with van der Waals surface area (Å²) in [7, 11) is 1.57. The average molecular weight is 343 g/mol. The lowest BCUT2D eigenvalue weighted by atomic mass is 10.1. The Balaban J connectivity index is 1.69. The molecule has 1 saturated carbocycles. The smallest absolute Gasteiger partial charge is 0.231 e. The molecule has 122 valence electrons. The molecule has 1 N–H and O–H groups in total. The van der Waals surface area contributed by atoms with Gasteiger partial charge in [-0.3, -0.25) is 4.79 Å². The number of methoxy groups -OCH3 is 1. The van der Waals surface area contributed by atoms with Crippen LogP contribution in [0.2, 0.25) is 5.02 Å². The van der Waals surface area contributed by atoms with Crippen molar-refractivity contribution in [1.82, 2.24) is 14.6 Å². The van der Waals surface area contributed by atoms with Crippen molar-refractivity contribution in [3.8, 4) is 17.1 Å². The van der Waals surface area contributed by atoms with Gasteiger partial charge in [0.05, 0.1) is 29.7 Å². The molecule has 24 heavy (non-hydrogen) atoms. The maximum atomic E-state index is 12.0. The summed E-state index contributed by atoms with van der Waals surface area (Å²) in [6.07, 6.45) is 3.71. The molecule has 0 atom stereocenters. The summed E-state index contributed by atoms with van der Waals surface area (Å²) in [4.78, 5) is 16.5. The normalized spacial score (nSPS) is 13.9. The molecular weight excluding hydrogens is 328 g/mol. The molecule has 1 aliphatic rings. The number of fused-ring (bicyclic) bond motifs is 1. The van der Waals surface area contributed by atoms with Crippen molar-refractivity contribution in [2.45, 2.75) is 12.8 Å². The van der Waals surface area contributed by atoms with E-state index in [1.807, 2.05) is 24.4 Å². The quantitative estimate of drug-likeness (QED) is 0.789. The van der Waals surface area contributed by atoms with E-state index in [2.05, 4.69) is 15.4 Å². The predicted octanol–water partition coefficient (Wildman–Crippen LogP) is 3.41. The zero-order valence-electron chi connectivity index (χ0n) is 13.0. The molecule has 0 radical (unpaired) electrons. The number of rotatable bonds is 4. The monoisotopic (exact) mass is 342 g/mol. The van der Waals surface area contributed by atoms with Crippen LogP contribution < -0.4 is 10.1 Å². The van der Waals surface area contributed by atoms with E-state index in [9.17, 15) is 4.79 Å². The van der Waals surface area contributed by atoms with Crippen LogP contribution in [0.15, 0.2) is 36.5 Å². The van der Waals surface area contributed by atoms with Crippen LogP contribution in [-0.2, 0) is 4.79 Å². The Morgan fingerprint density at radius 1 is 1.33 bits per heavy atom. The van der Waals surface area contributed by atoms with Crippen molar-refractivity contribution >= 4 is 28.8 Å². The maximum absolute atomic E-state index is 12.0. The molecule has 7 heteroatoms. The Morgan fingerprint density at radius 3 is 2.92 bits per heavy atom. The third kappa shape index (κ3) is 2.80. The second-order valence-corrected chi connectivity index (χ2v) is 6.17. The van der Waals surface area contributed by atoms with E-state index in [1.165, 1.54) is 0 Å². The molecule has 2 heterocycles. The molecule has 0 aliphatic heterocycles. The third-order valence-electron chi connectivity index (χ3n) is 3.97. The highest BCUT2D eigenvalue weighted by molar-refractivity contribution is 6.33. The van der Waals surface area contributed by atoms with Gasteiger partial charge >= 0.3 is 0 Å². The van der Waals surface area contributed by atoms with Gasteiger partial charge in [0.1, 0.15) is 0 Å². The van der Waals surface area contributed by atoms with Gasteiger partial charge in [-0.25, -0.2) is 9.50 Å². The summed E-state index contributed by atoms with van der Waals surface area (Å²) < 4.78 is 6.78. The summed E-state index contributed by atoms with van der Waals surface area (Å²) in [6, 6.07) is 9.06. The van der Waals surface area contributed by atoms with Gasteiger partial charge in [-0.2, -0.15) is 0 Å². The lowest BCUT2D eigenvalue weighted by molar-refractivity contribution is -0.117. The number of benzene rings is 1. The average Bonchev–Trinajstić information content (AvgIpc) is 3.35.